The molecule has 0 fully saturated rings. The Morgan fingerprint density at radius 3 is 2.18 bits per heavy atom. The molecular formula is C15H19Br2NO4. The molecule has 22 heavy (non-hydrogen) atoms. The Balaban J connectivity index is 2.85. The fourth-order valence-electron chi connectivity index (χ4n) is 1.75. The molecule has 1 aromatic rings. The highest BCUT2D eigenvalue weighted by Gasteiger charge is 2.25. The summed E-state index contributed by atoms with van der Waals surface area (Å²) in [6, 6.07) is 4.81. The first-order valence-corrected chi connectivity index (χ1v) is 8.21. The van der Waals surface area contributed by atoms with E-state index in [1.54, 1.807) is 20.8 Å². The second-order valence-electron chi connectivity index (χ2n) is 5.70. The van der Waals surface area contributed by atoms with Crippen molar-refractivity contribution in [3.8, 4) is 0 Å². The number of hydrogen-bond donors (Lipinski definition) is 1. The Bertz CT molecular complexity index is 535. The van der Waals surface area contributed by atoms with Crippen LogP contribution < -0.4 is 5.32 Å². The van der Waals surface area contributed by atoms with Crippen LogP contribution in [0.3, 0.4) is 0 Å². The third kappa shape index (κ3) is 6.79. The van der Waals surface area contributed by atoms with E-state index in [0.717, 1.165) is 14.5 Å². The molecule has 0 aromatic heterocycles. The molecule has 0 aliphatic carbocycles. The smallest absolute Gasteiger partial charge is 0.408 e. The highest BCUT2D eigenvalue weighted by Crippen LogP contribution is 2.21. The second kappa shape index (κ2) is 7.97. The van der Waals surface area contributed by atoms with Crippen LogP contribution in [-0.4, -0.2) is 30.8 Å². The average molecular weight is 437 g/mol. The van der Waals surface area contributed by atoms with Crippen molar-refractivity contribution in [1.29, 1.82) is 0 Å². The van der Waals surface area contributed by atoms with Crippen molar-refractivity contribution in [3.05, 3.63) is 32.7 Å². The maximum atomic E-state index is 11.9. The van der Waals surface area contributed by atoms with Crippen LogP contribution in [0.5, 0.6) is 0 Å². The number of carbonyl (C=O) groups excluding carboxylic acids is 2. The van der Waals surface area contributed by atoms with Crippen LogP contribution in [0, 0.1) is 0 Å². The topological polar surface area (TPSA) is 64.6 Å². The van der Waals surface area contributed by atoms with E-state index in [1.165, 1.54) is 7.11 Å². The van der Waals surface area contributed by atoms with Gasteiger partial charge in [0, 0.05) is 15.4 Å². The van der Waals surface area contributed by atoms with Gasteiger partial charge in [-0.1, -0.05) is 31.9 Å². The summed E-state index contributed by atoms with van der Waals surface area (Å²) >= 11 is 6.78. The van der Waals surface area contributed by atoms with Gasteiger partial charge in [-0.15, -0.1) is 0 Å². The number of hydrogen-bond acceptors (Lipinski definition) is 4. The molecule has 0 aliphatic heterocycles. The molecule has 122 valence electrons. The van der Waals surface area contributed by atoms with Crippen LogP contribution in [0.25, 0.3) is 0 Å². The second-order valence-corrected chi connectivity index (χ2v) is 7.54. The Hall–Kier alpha value is -1.08. The minimum absolute atomic E-state index is 0.296. The molecule has 0 bridgehead atoms. The van der Waals surface area contributed by atoms with Crippen molar-refractivity contribution in [2.24, 2.45) is 0 Å². The summed E-state index contributed by atoms with van der Waals surface area (Å²) in [6.07, 6.45) is -0.360. The Morgan fingerprint density at radius 2 is 1.73 bits per heavy atom. The van der Waals surface area contributed by atoms with Gasteiger partial charge < -0.3 is 14.8 Å². The van der Waals surface area contributed by atoms with Crippen LogP contribution in [0.2, 0.25) is 0 Å². The highest BCUT2D eigenvalue weighted by molar-refractivity contribution is 9.11. The first kappa shape index (κ1) is 19.0. The van der Waals surface area contributed by atoms with E-state index in [2.05, 4.69) is 37.2 Å². The van der Waals surface area contributed by atoms with E-state index in [4.69, 9.17) is 9.47 Å². The van der Waals surface area contributed by atoms with E-state index in [9.17, 15) is 9.59 Å². The third-order valence-corrected chi connectivity index (χ3v) is 3.45. The van der Waals surface area contributed by atoms with Crippen molar-refractivity contribution in [3.63, 3.8) is 0 Å². The van der Waals surface area contributed by atoms with Crippen molar-refractivity contribution >= 4 is 43.9 Å². The monoisotopic (exact) mass is 435 g/mol. The van der Waals surface area contributed by atoms with Gasteiger partial charge >= 0.3 is 12.1 Å². The predicted octanol–water partition coefficient (Wildman–Crippen LogP) is 3.82. The molecule has 1 rings (SSSR count). The first-order valence-electron chi connectivity index (χ1n) is 6.63. The van der Waals surface area contributed by atoms with Crippen molar-refractivity contribution < 1.29 is 19.1 Å². The molecule has 0 radical (unpaired) electrons. The van der Waals surface area contributed by atoms with Crippen LogP contribution >= 0.6 is 31.9 Å². The number of amides is 1. The number of rotatable bonds is 4. The fourth-order valence-corrected chi connectivity index (χ4v) is 3.14. The molecule has 0 saturated heterocycles. The lowest BCUT2D eigenvalue weighted by atomic mass is 10.1. The van der Waals surface area contributed by atoms with Gasteiger partial charge in [-0.3, -0.25) is 0 Å². The molecule has 0 spiro atoms. The van der Waals surface area contributed by atoms with Gasteiger partial charge in [-0.2, -0.15) is 0 Å². The van der Waals surface area contributed by atoms with Crippen molar-refractivity contribution in [2.75, 3.05) is 7.11 Å². The minimum atomic E-state index is -0.818. The number of alkyl carbamates (subject to hydrolysis) is 1. The summed E-state index contributed by atoms with van der Waals surface area (Å²) in [7, 11) is 1.28. The molecule has 0 aliphatic rings. The number of esters is 1. The van der Waals surface area contributed by atoms with Gasteiger partial charge in [0.1, 0.15) is 11.6 Å². The summed E-state index contributed by atoms with van der Waals surface area (Å²) in [5.41, 5.74) is 0.233. The molecular weight excluding hydrogens is 418 g/mol. The lowest BCUT2D eigenvalue weighted by Crippen LogP contribution is -2.45. The van der Waals surface area contributed by atoms with E-state index in [1.807, 2.05) is 18.2 Å². The van der Waals surface area contributed by atoms with Crippen LogP contribution in [0.15, 0.2) is 27.1 Å². The molecule has 7 heteroatoms. The fraction of sp³-hybridized carbons (Fsp3) is 0.467. The van der Waals surface area contributed by atoms with Crippen LogP contribution in [0.1, 0.15) is 26.3 Å². The number of nitrogens with one attached hydrogen (secondary N) is 1. The molecule has 1 atom stereocenters. The average Bonchev–Trinajstić information content (AvgIpc) is 2.33. The quantitative estimate of drug-likeness (QED) is 0.728. The standard InChI is InChI=1S/C15H19Br2NO4/c1-15(2,3)22-14(20)18-12(13(19)21-4)7-9-5-10(16)8-11(17)6-9/h5-6,8,12H,7H2,1-4H3,(H,18,20)/t12-/m0/s1. The van der Waals surface area contributed by atoms with Gasteiger partial charge in [-0.05, 0) is 44.5 Å². The molecule has 0 saturated carbocycles. The normalized spacial score (nSPS) is 12.5. The molecule has 1 N–H and O–H groups in total. The van der Waals surface area contributed by atoms with Gasteiger partial charge in [0.25, 0.3) is 0 Å². The number of halogens is 2. The van der Waals surface area contributed by atoms with Crippen molar-refractivity contribution in [2.45, 2.75) is 38.8 Å². The van der Waals surface area contributed by atoms with E-state index in [0.29, 0.717) is 6.42 Å². The Labute approximate surface area is 147 Å². The van der Waals surface area contributed by atoms with Gasteiger partial charge in [0.05, 0.1) is 7.11 Å². The summed E-state index contributed by atoms with van der Waals surface area (Å²) in [5, 5.41) is 2.55. The number of methoxy groups -OCH3 is 1. The molecule has 0 heterocycles. The zero-order valence-corrected chi connectivity index (χ0v) is 16.1. The number of carbonyl (C=O) groups is 2. The largest absolute Gasteiger partial charge is 0.467 e. The number of ether oxygens (including phenoxy) is 2. The molecule has 1 aromatic carbocycles. The lowest BCUT2D eigenvalue weighted by Gasteiger charge is -2.22. The molecule has 1 amide bonds. The predicted molar refractivity (Wildman–Crippen MR) is 90.7 cm³/mol. The third-order valence-electron chi connectivity index (χ3n) is 2.54. The van der Waals surface area contributed by atoms with E-state index >= 15 is 0 Å². The minimum Gasteiger partial charge on any atom is -0.467 e. The zero-order valence-electron chi connectivity index (χ0n) is 12.9. The van der Waals surface area contributed by atoms with Crippen LogP contribution in [-0.2, 0) is 20.7 Å². The Morgan fingerprint density at radius 1 is 1.18 bits per heavy atom. The summed E-state index contributed by atoms with van der Waals surface area (Å²) in [6.45, 7) is 5.27. The van der Waals surface area contributed by atoms with Gasteiger partial charge in [0.2, 0.25) is 0 Å². The first-order chi connectivity index (χ1) is 10.1. The molecule has 0 unspecified atom stereocenters. The van der Waals surface area contributed by atoms with E-state index < -0.39 is 23.7 Å². The maximum absolute atomic E-state index is 11.9. The summed E-state index contributed by atoms with van der Waals surface area (Å²) < 4.78 is 11.7. The zero-order chi connectivity index (χ0) is 16.9. The Kier molecular flexibility index (Phi) is 6.87. The summed E-state index contributed by atoms with van der Waals surface area (Å²) in [4.78, 5) is 23.7. The van der Waals surface area contributed by atoms with E-state index in [-0.39, 0.29) is 0 Å². The molecule has 5 nitrogen and oxygen atoms in total. The van der Waals surface area contributed by atoms with Crippen molar-refractivity contribution in [1.82, 2.24) is 5.32 Å². The number of benzene rings is 1. The maximum Gasteiger partial charge on any atom is 0.408 e. The van der Waals surface area contributed by atoms with Gasteiger partial charge in [-0.25, -0.2) is 9.59 Å². The SMILES string of the molecule is COC(=O)[C@H](Cc1cc(Br)cc(Br)c1)NC(=O)OC(C)(C)C. The lowest BCUT2D eigenvalue weighted by molar-refractivity contribution is -0.143. The highest BCUT2D eigenvalue weighted by atomic mass is 79.9. The van der Waals surface area contributed by atoms with Crippen LogP contribution in [0.4, 0.5) is 4.79 Å². The van der Waals surface area contributed by atoms with Gasteiger partial charge in [0.15, 0.2) is 0 Å². The summed E-state index contributed by atoms with van der Waals surface area (Å²) in [5.74, 6) is -0.526.